The molecule has 0 aliphatic carbocycles. The summed E-state index contributed by atoms with van der Waals surface area (Å²) in [6.45, 7) is 5.03. The minimum Gasteiger partial charge on any atom is -0.507 e. The molecule has 3 heterocycles. The Kier molecular flexibility index (Phi) is 4.63. The number of hydrogen-bond acceptors (Lipinski definition) is 8. The van der Waals surface area contributed by atoms with Gasteiger partial charge in [-0.25, -0.2) is 4.98 Å². The number of pyridine rings is 1. The van der Waals surface area contributed by atoms with Gasteiger partial charge in [0.2, 0.25) is 5.43 Å². The molecule has 2 aromatic heterocycles. The highest BCUT2D eigenvalue weighted by Gasteiger charge is 2.17. The average Bonchev–Trinajstić information content (AvgIpc) is 2.76. The minimum absolute atomic E-state index is 0.0435. The van der Waals surface area contributed by atoms with Gasteiger partial charge in [0.25, 0.3) is 0 Å². The molecule has 0 bridgehead atoms. The molecule has 1 aliphatic heterocycles. The van der Waals surface area contributed by atoms with Crippen LogP contribution in [0.1, 0.15) is 6.92 Å². The van der Waals surface area contributed by atoms with Gasteiger partial charge in [-0.3, -0.25) is 4.79 Å². The van der Waals surface area contributed by atoms with E-state index < -0.39 is 5.43 Å². The zero-order valence-electron chi connectivity index (χ0n) is 17.0. The van der Waals surface area contributed by atoms with Crippen LogP contribution in [0, 0.1) is 0 Å². The van der Waals surface area contributed by atoms with Crippen LogP contribution < -0.4 is 26.1 Å². The van der Waals surface area contributed by atoms with Crippen molar-refractivity contribution in [1.29, 1.82) is 0 Å². The van der Waals surface area contributed by atoms with Crippen LogP contribution in [0.4, 0.5) is 11.5 Å². The quantitative estimate of drug-likeness (QED) is 0.435. The summed E-state index contributed by atoms with van der Waals surface area (Å²) in [6.07, 6.45) is 0. The van der Waals surface area contributed by atoms with E-state index >= 15 is 0 Å². The van der Waals surface area contributed by atoms with Crippen LogP contribution in [0.3, 0.4) is 0 Å². The number of hydrogen-bond donors (Lipinski definition) is 3. The number of fused-ring (bicyclic) bond motifs is 2. The molecule has 0 unspecified atom stereocenters. The maximum Gasteiger partial charge on any atom is 0.222 e. The van der Waals surface area contributed by atoms with E-state index in [0.717, 1.165) is 25.3 Å². The predicted octanol–water partition coefficient (Wildman–Crippen LogP) is 3.22. The van der Waals surface area contributed by atoms with Crippen LogP contribution in [0.25, 0.3) is 22.1 Å². The van der Waals surface area contributed by atoms with Gasteiger partial charge in [0, 0.05) is 37.4 Å². The van der Waals surface area contributed by atoms with Gasteiger partial charge in [0.05, 0.1) is 0 Å². The van der Waals surface area contributed by atoms with Gasteiger partial charge >= 0.3 is 0 Å². The molecule has 0 saturated carbocycles. The Morgan fingerprint density at radius 3 is 2.81 bits per heavy atom. The molecular weight excluding hydrogens is 396 g/mol. The minimum atomic E-state index is -0.442. The summed E-state index contributed by atoms with van der Waals surface area (Å²) in [5.41, 5.74) is 7.28. The van der Waals surface area contributed by atoms with Gasteiger partial charge < -0.3 is 30.2 Å². The molecule has 31 heavy (non-hydrogen) atoms. The van der Waals surface area contributed by atoms with E-state index in [-0.39, 0.29) is 33.6 Å². The van der Waals surface area contributed by atoms with E-state index in [1.807, 2.05) is 24.3 Å². The fourth-order valence-electron chi connectivity index (χ4n) is 3.90. The van der Waals surface area contributed by atoms with Gasteiger partial charge in [0.1, 0.15) is 22.5 Å². The highest BCUT2D eigenvalue weighted by Crippen LogP contribution is 2.32. The van der Waals surface area contributed by atoms with Gasteiger partial charge in [-0.2, -0.15) is 0 Å². The molecule has 2 aromatic carbocycles. The maximum absolute atomic E-state index is 12.8. The van der Waals surface area contributed by atoms with Crippen LogP contribution >= 0.6 is 0 Å². The topological polar surface area (TPSA) is 114 Å². The molecule has 1 atom stereocenters. The van der Waals surface area contributed by atoms with Crippen molar-refractivity contribution in [2.24, 2.45) is 0 Å². The zero-order chi connectivity index (χ0) is 21.5. The Morgan fingerprint density at radius 2 is 2.03 bits per heavy atom. The van der Waals surface area contributed by atoms with Crippen molar-refractivity contribution in [1.82, 2.24) is 10.3 Å². The van der Waals surface area contributed by atoms with Crippen molar-refractivity contribution in [2.75, 3.05) is 30.3 Å². The number of rotatable bonds is 3. The second-order valence-corrected chi connectivity index (χ2v) is 7.70. The van der Waals surface area contributed by atoms with Crippen molar-refractivity contribution in [3.05, 3.63) is 58.8 Å². The average molecular weight is 418 g/mol. The number of nitrogen functional groups attached to an aromatic ring is 1. The molecule has 1 aliphatic rings. The van der Waals surface area contributed by atoms with Crippen LogP contribution in [0.2, 0.25) is 0 Å². The number of benzene rings is 2. The monoisotopic (exact) mass is 418 g/mol. The summed E-state index contributed by atoms with van der Waals surface area (Å²) < 4.78 is 11.7. The Morgan fingerprint density at radius 1 is 1.23 bits per heavy atom. The number of anilines is 2. The summed E-state index contributed by atoms with van der Waals surface area (Å²) in [7, 11) is 0. The van der Waals surface area contributed by atoms with Crippen molar-refractivity contribution in [2.45, 2.75) is 13.0 Å². The summed E-state index contributed by atoms with van der Waals surface area (Å²) in [6, 6.07) is 14.4. The number of nitrogens with two attached hydrogens (primary N) is 1. The van der Waals surface area contributed by atoms with E-state index in [2.05, 4.69) is 22.1 Å². The van der Waals surface area contributed by atoms with Crippen molar-refractivity contribution in [3.63, 3.8) is 0 Å². The molecule has 0 radical (unpaired) electrons. The number of aromatic hydroxyl groups is 1. The van der Waals surface area contributed by atoms with Crippen molar-refractivity contribution >= 4 is 33.6 Å². The standard InChI is InChI=1S/C23H22N4O4/c1-13-12-27(10-9-25-13)14-5-7-15(8-6-14)30-19-11-18-21(26-23(19)24)22(29)20-16(28)3-2-4-17(20)31-18/h2-8,11,13,25,28H,9-10,12H2,1H3,(H2,24,26)/t13-/m0/s1. The molecule has 158 valence electrons. The molecular formula is C23H22N4O4. The molecule has 8 heteroatoms. The van der Waals surface area contributed by atoms with Crippen LogP contribution in [-0.2, 0) is 0 Å². The first-order valence-corrected chi connectivity index (χ1v) is 10.1. The first-order valence-electron chi connectivity index (χ1n) is 10.1. The second kappa shape index (κ2) is 7.48. The normalized spacial score (nSPS) is 16.7. The van der Waals surface area contributed by atoms with E-state index in [1.54, 1.807) is 18.2 Å². The molecule has 1 fully saturated rings. The van der Waals surface area contributed by atoms with Crippen molar-refractivity contribution < 1.29 is 14.3 Å². The largest absolute Gasteiger partial charge is 0.507 e. The zero-order valence-corrected chi connectivity index (χ0v) is 17.0. The number of nitrogens with one attached hydrogen (secondary N) is 1. The summed E-state index contributed by atoms with van der Waals surface area (Å²) in [4.78, 5) is 19.3. The highest BCUT2D eigenvalue weighted by atomic mass is 16.5. The summed E-state index contributed by atoms with van der Waals surface area (Å²) >= 11 is 0. The predicted molar refractivity (Wildman–Crippen MR) is 120 cm³/mol. The van der Waals surface area contributed by atoms with Gasteiger partial charge in [-0.05, 0) is 43.3 Å². The summed E-state index contributed by atoms with van der Waals surface area (Å²) in [5, 5.41) is 13.5. The van der Waals surface area contributed by atoms with E-state index in [9.17, 15) is 9.90 Å². The van der Waals surface area contributed by atoms with Gasteiger partial charge in [-0.15, -0.1) is 0 Å². The number of ether oxygens (including phenoxy) is 1. The van der Waals surface area contributed by atoms with E-state index in [4.69, 9.17) is 14.9 Å². The van der Waals surface area contributed by atoms with Gasteiger partial charge in [-0.1, -0.05) is 6.07 Å². The second-order valence-electron chi connectivity index (χ2n) is 7.70. The first kappa shape index (κ1) is 19.2. The fraction of sp³-hybridized carbons (Fsp3) is 0.217. The molecule has 4 N–H and O–H groups in total. The SMILES string of the molecule is C[C@H]1CN(c2ccc(Oc3cc4oc5cccc(O)c5c(=O)c4nc3N)cc2)CCN1. The third kappa shape index (κ3) is 3.51. The lowest BCUT2D eigenvalue weighted by Gasteiger charge is -2.33. The molecule has 1 saturated heterocycles. The number of phenols is 1. The Hall–Kier alpha value is -3.78. The third-order valence-electron chi connectivity index (χ3n) is 5.45. The maximum atomic E-state index is 12.8. The van der Waals surface area contributed by atoms with Crippen molar-refractivity contribution in [3.8, 4) is 17.2 Å². The lowest BCUT2D eigenvalue weighted by Crippen LogP contribution is -2.49. The smallest absolute Gasteiger partial charge is 0.222 e. The first-order chi connectivity index (χ1) is 15.0. The van der Waals surface area contributed by atoms with Gasteiger partial charge in [0.15, 0.2) is 22.7 Å². The van der Waals surface area contributed by atoms with Crippen LogP contribution in [0.5, 0.6) is 17.2 Å². The number of phenolic OH excluding ortho intramolecular Hbond substituents is 1. The molecule has 8 nitrogen and oxygen atoms in total. The number of nitrogens with zero attached hydrogens (tertiary/aromatic N) is 2. The summed E-state index contributed by atoms with van der Waals surface area (Å²) in [5.74, 6) is 0.793. The van der Waals surface area contributed by atoms with E-state index in [1.165, 1.54) is 6.07 Å². The number of piperazine rings is 1. The highest BCUT2D eigenvalue weighted by molar-refractivity contribution is 5.92. The lowest BCUT2D eigenvalue weighted by molar-refractivity contribution is 0.478. The third-order valence-corrected chi connectivity index (χ3v) is 5.45. The fourth-order valence-corrected chi connectivity index (χ4v) is 3.90. The Balaban J connectivity index is 1.47. The number of aromatic nitrogens is 1. The van der Waals surface area contributed by atoms with E-state index in [0.29, 0.717) is 17.5 Å². The van der Waals surface area contributed by atoms with Crippen LogP contribution in [0.15, 0.2) is 57.7 Å². The molecule has 4 aromatic rings. The Labute approximate surface area is 177 Å². The Bertz CT molecular complexity index is 1330. The molecule has 0 spiro atoms. The van der Waals surface area contributed by atoms with Crippen LogP contribution in [-0.4, -0.2) is 35.8 Å². The lowest BCUT2D eigenvalue weighted by atomic mass is 10.2. The molecule has 5 rings (SSSR count). The molecule has 0 amide bonds.